The number of carbonyl (C=O) groups excluding carboxylic acids is 1. The lowest BCUT2D eigenvalue weighted by molar-refractivity contribution is 0.0700. The fourth-order valence-corrected chi connectivity index (χ4v) is 1.69. The summed E-state index contributed by atoms with van der Waals surface area (Å²) in [5, 5.41) is 0. The second-order valence-corrected chi connectivity index (χ2v) is 3.90. The summed E-state index contributed by atoms with van der Waals surface area (Å²) in [6, 6.07) is 1.76. The van der Waals surface area contributed by atoms with E-state index in [0.717, 1.165) is 5.76 Å². The fraction of sp³-hybridized carbons (Fsp3) is 0.583. The molecule has 0 saturated carbocycles. The molecule has 0 unspecified atom stereocenters. The van der Waals surface area contributed by atoms with Gasteiger partial charge < -0.3 is 19.8 Å². The van der Waals surface area contributed by atoms with Crippen LogP contribution in [0, 0.1) is 13.8 Å². The number of carbonyl (C=O) groups is 1. The van der Waals surface area contributed by atoms with E-state index in [1.807, 2.05) is 6.92 Å². The van der Waals surface area contributed by atoms with E-state index in [4.69, 9.17) is 14.9 Å². The zero-order chi connectivity index (χ0) is 12.8. The van der Waals surface area contributed by atoms with Crippen molar-refractivity contribution < 1.29 is 13.9 Å². The molecule has 0 aliphatic heterocycles. The molecule has 1 rings (SSSR count). The molecule has 0 aliphatic carbocycles. The largest absolute Gasteiger partial charge is 0.466 e. The van der Waals surface area contributed by atoms with Crippen LogP contribution in [0.4, 0.5) is 0 Å². The third-order valence-corrected chi connectivity index (χ3v) is 2.52. The Kier molecular flexibility index (Phi) is 5.18. The van der Waals surface area contributed by atoms with E-state index >= 15 is 0 Å². The van der Waals surface area contributed by atoms with Gasteiger partial charge in [-0.3, -0.25) is 4.79 Å². The molecule has 2 N–H and O–H groups in total. The first kappa shape index (κ1) is 13.7. The molecule has 1 aromatic heterocycles. The van der Waals surface area contributed by atoms with Gasteiger partial charge >= 0.3 is 0 Å². The zero-order valence-electron chi connectivity index (χ0n) is 10.7. The maximum Gasteiger partial charge on any atom is 0.257 e. The Bertz CT molecular complexity index is 374. The number of aryl methyl sites for hydroxylation is 2. The summed E-state index contributed by atoms with van der Waals surface area (Å²) in [7, 11) is 1.61. The van der Waals surface area contributed by atoms with Crippen molar-refractivity contribution in [2.45, 2.75) is 13.8 Å². The Morgan fingerprint density at radius 1 is 1.47 bits per heavy atom. The number of furan rings is 1. The van der Waals surface area contributed by atoms with E-state index in [-0.39, 0.29) is 5.91 Å². The van der Waals surface area contributed by atoms with Gasteiger partial charge in [-0.2, -0.15) is 0 Å². The van der Waals surface area contributed by atoms with Gasteiger partial charge in [-0.1, -0.05) is 0 Å². The molecule has 1 aromatic rings. The molecule has 0 spiro atoms. The molecule has 0 bridgehead atoms. The number of hydrogen-bond donors (Lipinski definition) is 1. The van der Waals surface area contributed by atoms with E-state index in [9.17, 15) is 4.79 Å². The van der Waals surface area contributed by atoms with Gasteiger partial charge in [-0.05, 0) is 19.9 Å². The second kappa shape index (κ2) is 6.42. The molecule has 5 nitrogen and oxygen atoms in total. The average molecular weight is 240 g/mol. The van der Waals surface area contributed by atoms with Crippen molar-refractivity contribution in [3.8, 4) is 0 Å². The molecule has 96 valence electrons. The first-order valence-electron chi connectivity index (χ1n) is 5.65. The van der Waals surface area contributed by atoms with E-state index in [1.54, 1.807) is 25.0 Å². The van der Waals surface area contributed by atoms with Crippen LogP contribution in [0.15, 0.2) is 10.5 Å². The van der Waals surface area contributed by atoms with Gasteiger partial charge in [0.05, 0.1) is 12.2 Å². The van der Waals surface area contributed by atoms with Gasteiger partial charge in [-0.25, -0.2) is 0 Å². The van der Waals surface area contributed by atoms with Gasteiger partial charge in [0.2, 0.25) is 0 Å². The third-order valence-electron chi connectivity index (χ3n) is 2.52. The molecular weight excluding hydrogens is 220 g/mol. The lowest BCUT2D eigenvalue weighted by atomic mass is 10.2. The molecule has 0 aliphatic rings. The Hall–Kier alpha value is -1.33. The smallest absolute Gasteiger partial charge is 0.257 e. The van der Waals surface area contributed by atoms with Crippen LogP contribution in [0.1, 0.15) is 21.9 Å². The first-order chi connectivity index (χ1) is 8.10. The average Bonchev–Trinajstić information content (AvgIpc) is 2.63. The van der Waals surface area contributed by atoms with Crippen molar-refractivity contribution in [3.05, 3.63) is 23.2 Å². The molecule has 0 saturated heterocycles. The summed E-state index contributed by atoms with van der Waals surface area (Å²) in [6.07, 6.45) is 0. The number of hydrogen-bond acceptors (Lipinski definition) is 4. The highest BCUT2D eigenvalue weighted by Crippen LogP contribution is 2.15. The number of ether oxygens (including phenoxy) is 1. The summed E-state index contributed by atoms with van der Waals surface area (Å²) in [5.74, 6) is 1.33. The lowest BCUT2D eigenvalue weighted by Crippen LogP contribution is -2.37. The van der Waals surface area contributed by atoms with Gasteiger partial charge in [0, 0.05) is 26.7 Å². The molecule has 0 radical (unpaired) electrons. The highest BCUT2D eigenvalue weighted by molar-refractivity contribution is 5.95. The van der Waals surface area contributed by atoms with Crippen LogP contribution in [-0.4, -0.2) is 44.2 Å². The highest BCUT2D eigenvalue weighted by atomic mass is 16.5. The quantitative estimate of drug-likeness (QED) is 0.803. The van der Waals surface area contributed by atoms with Crippen molar-refractivity contribution in [3.63, 3.8) is 0 Å². The van der Waals surface area contributed by atoms with Crippen LogP contribution in [0.5, 0.6) is 0 Å². The van der Waals surface area contributed by atoms with Crippen molar-refractivity contribution in [1.29, 1.82) is 0 Å². The van der Waals surface area contributed by atoms with E-state index < -0.39 is 0 Å². The number of nitrogens with two attached hydrogens (primary N) is 1. The summed E-state index contributed by atoms with van der Waals surface area (Å²) >= 11 is 0. The van der Waals surface area contributed by atoms with Crippen molar-refractivity contribution in [2.24, 2.45) is 5.73 Å². The van der Waals surface area contributed by atoms with Crippen LogP contribution < -0.4 is 5.73 Å². The molecule has 17 heavy (non-hydrogen) atoms. The number of nitrogens with zero attached hydrogens (tertiary/aromatic N) is 1. The normalized spacial score (nSPS) is 10.6. The summed E-state index contributed by atoms with van der Waals surface area (Å²) in [5.41, 5.74) is 6.11. The molecule has 0 atom stereocenters. The monoisotopic (exact) mass is 240 g/mol. The maximum atomic E-state index is 12.2. The standard InChI is InChI=1S/C12H20N2O3/c1-9-8-11(10(2)17-9)12(15)14(5-4-13)6-7-16-3/h8H,4-7,13H2,1-3H3. The minimum atomic E-state index is -0.0538. The van der Waals surface area contributed by atoms with Crippen LogP contribution >= 0.6 is 0 Å². The van der Waals surface area contributed by atoms with Crippen LogP contribution in [-0.2, 0) is 4.74 Å². The van der Waals surface area contributed by atoms with Gasteiger partial charge in [0.25, 0.3) is 5.91 Å². The highest BCUT2D eigenvalue weighted by Gasteiger charge is 2.19. The second-order valence-electron chi connectivity index (χ2n) is 3.90. The minimum Gasteiger partial charge on any atom is -0.466 e. The Balaban J connectivity index is 2.79. The Labute approximate surface area is 102 Å². The van der Waals surface area contributed by atoms with E-state index in [2.05, 4.69) is 0 Å². The number of rotatable bonds is 6. The van der Waals surface area contributed by atoms with Crippen molar-refractivity contribution >= 4 is 5.91 Å². The van der Waals surface area contributed by atoms with E-state index in [1.165, 1.54) is 0 Å². The van der Waals surface area contributed by atoms with Crippen molar-refractivity contribution in [1.82, 2.24) is 4.90 Å². The lowest BCUT2D eigenvalue weighted by Gasteiger charge is -2.21. The molecule has 5 heteroatoms. The van der Waals surface area contributed by atoms with Gasteiger partial charge in [0.15, 0.2) is 0 Å². The fourth-order valence-electron chi connectivity index (χ4n) is 1.69. The molecule has 0 aromatic carbocycles. The number of amides is 1. The Morgan fingerprint density at radius 3 is 2.65 bits per heavy atom. The zero-order valence-corrected chi connectivity index (χ0v) is 10.7. The molecule has 0 fully saturated rings. The summed E-state index contributed by atoms with van der Waals surface area (Å²) in [4.78, 5) is 13.9. The predicted octanol–water partition coefficient (Wildman–Crippen LogP) is 0.944. The molecule has 1 heterocycles. The van der Waals surface area contributed by atoms with Crippen LogP contribution in [0.2, 0.25) is 0 Å². The Morgan fingerprint density at radius 2 is 2.18 bits per heavy atom. The number of methoxy groups -OCH3 is 1. The van der Waals surface area contributed by atoms with Gasteiger partial charge in [0.1, 0.15) is 11.5 Å². The van der Waals surface area contributed by atoms with Crippen LogP contribution in [0.25, 0.3) is 0 Å². The summed E-state index contributed by atoms with van der Waals surface area (Å²) < 4.78 is 10.3. The van der Waals surface area contributed by atoms with Gasteiger partial charge in [-0.15, -0.1) is 0 Å². The first-order valence-corrected chi connectivity index (χ1v) is 5.65. The minimum absolute atomic E-state index is 0.0538. The van der Waals surface area contributed by atoms with Crippen molar-refractivity contribution in [2.75, 3.05) is 33.4 Å². The summed E-state index contributed by atoms with van der Waals surface area (Å²) in [6.45, 7) is 5.61. The van der Waals surface area contributed by atoms with Crippen LogP contribution in [0.3, 0.4) is 0 Å². The SMILES string of the molecule is COCCN(CCN)C(=O)c1cc(C)oc1C. The molecular formula is C12H20N2O3. The predicted molar refractivity (Wildman–Crippen MR) is 65.0 cm³/mol. The topological polar surface area (TPSA) is 68.7 Å². The van der Waals surface area contributed by atoms with E-state index in [0.29, 0.717) is 37.6 Å². The third kappa shape index (κ3) is 3.57. The molecule has 1 amide bonds. The maximum absolute atomic E-state index is 12.2.